The molecule has 3 fully saturated rings. The third kappa shape index (κ3) is 3.11. The van der Waals surface area contributed by atoms with E-state index in [0.717, 1.165) is 38.8 Å². The Balaban J connectivity index is 1.61. The fraction of sp³-hybridized carbons (Fsp3) is 0.941. The summed E-state index contributed by atoms with van der Waals surface area (Å²) in [6, 6.07) is 1.02. The van der Waals surface area contributed by atoms with Crippen molar-refractivity contribution >= 4 is 5.91 Å². The lowest BCUT2D eigenvalue weighted by atomic mass is 9.76. The number of likely N-dealkylation sites (tertiary alicyclic amines) is 2. The first-order valence-electron chi connectivity index (χ1n) is 8.81. The molecule has 2 aliphatic heterocycles. The quantitative estimate of drug-likeness (QED) is 0.800. The highest BCUT2D eigenvalue weighted by Crippen LogP contribution is 2.34. The molecular formula is C17H31N3O. The molecule has 1 aliphatic carbocycles. The molecule has 0 spiro atoms. The molecule has 0 aromatic rings. The lowest BCUT2D eigenvalue weighted by Crippen LogP contribution is -2.55. The summed E-state index contributed by atoms with van der Waals surface area (Å²) >= 11 is 0. The Bertz CT molecular complexity index is 386. The fourth-order valence-electron chi connectivity index (χ4n) is 4.89. The Hall–Kier alpha value is -0.610. The van der Waals surface area contributed by atoms with Crippen LogP contribution < -0.4 is 5.73 Å². The number of hydrogen-bond donors (Lipinski definition) is 1. The molecule has 2 N–H and O–H groups in total. The van der Waals surface area contributed by atoms with E-state index in [4.69, 9.17) is 5.73 Å². The smallest absolute Gasteiger partial charge is 0.225 e. The Labute approximate surface area is 129 Å². The molecule has 5 atom stereocenters. The van der Waals surface area contributed by atoms with Crippen molar-refractivity contribution in [2.75, 3.05) is 26.7 Å². The molecule has 3 aliphatic rings. The summed E-state index contributed by atoms with van der Waals surface area (Å²) in [7, 11) is 2.25. The number of carbonyl (C=O) groups excluding carboxylic acids is 1. The highest BCUT2D eigenvalue weighted by molar-refractivity contribution is 5.79. The number of fused-ring (bicyclic) bond motifs is 1. The van der Waals surface area contributed by atoms with E-state index in [-0.39, 0.29) is 5.92 Å². The summed E-state index contributed by atoms with van der Waals surface area (Å²) in [5.74, 6) is 1.79. The van der Waals surface area contributed by atoms with Gasteiger partial charge < -0.3 is 15.5 Å². The summed E-state index contributed by atoms with van der Waals surface area (Å²) < 4.78 is 0. The number of piperidine rings is 2. The Morgan fingerprint density at radius 3 is 2.71 bits per heavy atom. The van der Waals surface area contributed by atoms with Crippen molar-refractivity contribution in [1.29, 1.82) is 0 Å². The van der Waals surface area contributed by atoms with Crippen LogP contribution in [0.25, 0.3) is 0 Å². The van der Waals surface area contributed by atoms with Crippen LogP contribution in [0.2, 0.25) is 0 Å². The molecule has 4 heteroatoms. The summed E-state index contributed by atoms with van der Waals surface area (Å²) in [5, 5.41) is 0. The zero-order valence-electron chi connectivity index (χ0n) is 13.6. The minimum absolute atomic E-state index is 0.225. The van der Waals surface area contributed by atoms with E-state index in [2.05, 4.69) is 23.8 Å². The predicted molar refractivity (Wildman–Crippen MR) is 84.8 cm³/mol. The molecule has 2 saturated heterocycles. The van der Waals surface area contributed by atoms with E-state index in [1.165, 1.54) is 19.4 Å². The predicted octanol–water partition coefficient (Wildman–Crippen LogP) is 1.69. The maximum atomic E-state index is 12.9. The van der Waals surface area contributed by atoms with Gasteiger partial charge in [0.1, 0.15) is 0 Å². The van der Waals surface area contributed by atoms with Crippen LogP contribution in [0, 0.1) is 17.8 Å². The first kappa shape index (κ1) is 15.3. The number of nitrogens with zero attached hydrogens (tertiary/aromatic N) is 2. The fourth-order valence-corrected chi connectivity index (χ4v) is 4.89. The second-order valence-electron chi connectivity index (χ2n) is 7.68. The van der Waals surface area contributed by atoms with Gasteiger partial charge in [-0.05, 0) is 64.0 Å². The van der Waals surface area contributed by atoms with Crippen LogP contribution >= 0.6 is 0 Å². The first-order valence-corrected chi connectivity index (χ1v) is 8.81. The molecule has 4 nitrogen and oxygen atoms in total. The van der Waals surface area contributed by atoms with E-state index in [0.29, 0.717) is 29.8 Å². The molecule has 1 saturated carbocycles. The zero-order chi connectivity index (χ0) is 15.0. The van der Waals surface area contributed by atoms with E-state index >= 15 is 0 Å². The lowest BCUT2D eigenvalue weighted by Gasteiger charge is -2.47. The average Bonchev–Trinajstić information content (AvgIpc) is 2.46. The van der Waals surface area contributed by atoms with Crippen molar-refractivity contribution < 1.29 is 4.79 Å². The maximum absolute atomic E-state index is 12.9. The summed E-state index contributed by atoms with van der Waals surface area (Å²) in [6.45, 7) is 5.39. The molecule has 1 amide bonds. The molecule has 0 aromatic heterocycles. The first-order chi connectivity index (χ1) is 10.1. The minimum atomic E-state index is 0.225. The van der Waals surface area contributed by atoms with Gasteiger partial charge in [-0.2, -0.15) is 0 Å². The topological polar surface area (TPSA) is 49.6 Å². The highest BCUT2D eigenvalue weighted by atomic mass is 16.2. The second kappa shape index (κ2) is 6.25. The Kier molecular flexibility index (Phi) is 4.55. The van der Waals surface area contributed by atoms with E-state index in [1.807, 2.05) is 0 Å². The third-order valence-electron chi connectivity index (χ3n) is 6.18. The van der Waals surface area contributed by atoms with Crippen LogP contribution in [0.4, 0.5) is 0 Å². The van der Waals surface area contributed by atoms with Gasteiger partial charge in [-0.1, -0.05) is 6.92 Å². The van der Waals surface area contributed by atoms with Gasteiger partial charge in [0.15, 0.2) is 0 Å². The summed E-state index contributed by atoms with van der Waals surface area (Å²) in [6.07, 6.45) is 6.76. The van der Waals surface area contributed by atoms with Crippen molar-refractivity contribution in [1.82, 2.24) is 9.80 Å². The van der Waals surface area contributed by atoms with Gasteiger partial charge in [0.05, 0.1) is 0 Å². The highest BCUT2D eigenvalue weighted by Gasteiger charge is 2.39. The summed E-state index contributed by atoms with van der Waals surface area (Å²) in [5.41, 5.74) is 6.04. The van der Waals surface area contributed by atoms with Crippen LogP contribution in [0.15, 0.2) is 0 Å². The number of rotatable bonds is 1. The van der Waals surface area contributed by atoms with Crippen LogP contribution in [0.5, 0.6) is 0 Å². The normalized spacial score (nSPS) is 41.7. The van der Waals surface area contributed by atoms with E-state index in [1.54, 1.807) is 0 Å². The minimum Gasteiger partial charge on any atom is -0.342 e. The van der Waals surface area contributed by atoms with Crippen molar-refractivity contribution in [3.8, 4) is 0 Å². The van der Waals surface area contributed by atoms with Gasteiger partial charge in [0.25, 0.3) is 0 Å². The van der Waals surface area contributed by atoms with Crippen molar-refractivity contribution in [3.63, 3.8) is 0 Å². The standard InChI is InChI=1S/C17H31N3O/c1-12-10-14(18)5-6-15(12)17(21)20-9-7-16-13(11-20)4-3-8-19(16)2/h12-16H,3-11,18H2,1-2H3. The SMILES string of the molecule is CC1CC(N)CCC1C(=O)N1CCC2C(CCCN2C)C1. The molecule has 0 bridgehead atoms. The van der Waals surface area contributed by atoms with Crippen LogP contribution in [-0.4, -0.2) is 54.5 Å². The molecular weight excluding hydrogens is 262 g/mol. The van der Waals surface area contributed by atoms with Crippen molar-refractivity contribution in [2.45, 2.75) is 57.5 Å². The van der Waals surface area contributed by atoms with Gasteiger partial charge >= 0.3 is 0 Å². The maximum Gasteiger partial charge on any atom is 0.225 e. The van der Waals surface area contributed by atoms with Crippen molar-refractivity contribution in [3.05, 3.63) is 0 Å². The summed E-state index contributed by atoms with van der Waals surface area (Å²) in [4.78, 5) is 17.6. The van der Waals surface area contributed by atoms with Crippen molar-refractivity contribution in [2.24, 2.45) is 23.5 Å². The van der Waals surface area contributed by atoms with Gasteiger partial charge in [-0.25, -0.2) is 0 Å². The average molecular weight is 293 g/mol. The van der Waals surface area contributed by atoms with Crippen LogP contribution in [-0.2, 0) is 4.79 Å². The van der Waals surface area contributed by atoms with E-state index in [9.17, 15) is 4.79 Å². The van der Waals surface area contributed by atoms with E-state index < -0.39 is 0 Å². The molecule has 3 rings (SSSR count). The van der Waals surface area contributed by atoms with Crippen LogP contribution in [0.1, 0.15) is 45.4 Å². The molecule has 120 valence electrons. The van der Waals surface area contributed by atoms with Gasteiger partial charge in [0.2, 0.25) is 5.91 Å². The monoisotopic (exact) mass is 293 g/mol. The number of hydrogen-bond acceptors (Lipinski definition) is 3. The molecule has 21 heavy (non-hydrogen) atoms. The third-order valence-corrected chi connectivity index (χ3v) is 6.18. The Morgan fingerprint density at radius 2 is 1.95 bits per heavy atom. The second-order valence-corrected chi connectivity index (χ2v) is 7.68. The van der Waals surface area contributed by atoms with Crippen LogP contribution in [0.3, 0.4) is 0 Å². The number of amides is 1. The lowest BCUT2D eigenvalue weighted by molar-refractivity contribution is -0.142. The molecule has 5 unspecified atom stereocenters. The van der Waals surface area contributed by atoms with Gasteiger partial charge in [-0.3, -0.25) is 4.79 Å². The zero-order valence-corrected chi connectivity index (χ0v) is 13.6. The van der Waals surface area contributed by atoms with Gasteiger partial charge in [0, 0.05) is 31.1 Å². The largest absolute Gasteiger partial charge is 0.342 e. The molecule has 2 heterocycles. The number of carbonyl (C=O) groups is 1. The molecule has 0 aromatic carbocycles. The Morgan fingerprint density at radius 1 is 1.14 bits per heavy atom. The molecule has 0 radical (unpaired) electrons. The van der Waals surface area contributed by atoms with Gasteiger partial charge in [-0.15, -0.1) is 0 Å². The number of nitrogens with two attached hydrogens (primary N) is 1.